The number of hydrogen-bond acceptors (Lipinski definition) is 3. The first-order valence-electron chi connectivity index (χ1n) is 10.1. The maximum atomic E-state index is 13.1. The summed E-state index contributed by atoms with van der Waals surface area (Å²) >= 11 is 0. The van der Waals surface area contributed by atoms with Crippen LogP contribution in [0.15, 0.2) is 24.3 Å². The second kappa shape index (κ2) is 7.55. The molecule has 2 saturated carbocycles. The molecule has 3 aliphatic rings. The molecule has 1 aromatic carbocycles. The molecule has 1 N–H and O–H groups in total. The van der Waals surface area contributed by atoms with Crippen molar-refractivity contribution in [1.82, 2.24) is 10.2 Å². The summed E-state index contributed by atoms with van der Waals surface area (Å²) in [7, 11) is 0. The Morgan fingerprint density at radius 1 is 1.15 bits per heavy atom. The third kappa shape index (κ3) is 3.73. The van der Waals surface area contributed by atoms with E-state index in [1.807, 2.05) is 19.1 Å². The number of nitrogens with zero attached hydrogens (tertiary/aromatic N) is 2. The highest BCUT2D eigenvalue weighted by molar-refractivity contribution is 5.81. The Labute approximate surface area is 155 Å². The highest BCUT2D eigenvalue weighted by Gasteiger charge is 2.39. The Kier molecular flexibility index (Phi) is 5.16. The molecule has 0 aromatic heterocycles. The van der Waals surface area contributed by atoms with Crippen molar-refractivity contribution in [2.24, 2.45) is 17.8 Å². The van der Waals surface area contributed by atoms with Crippen molar-refractivity contribution in [2.45, 2.75) is 38.6 Å². The lowest BCUT2D eigenvalue weighted by Gasteiger charge is -2.38. The van der Waals surface area contributed by atoms with Crippen LogP contribution in [0.25, 0.3) is 0 Å². The van der Waals surface area contributed by atoms with Crippen LogP contribution in [-0.4, -0.2) is 49.6 Å². The predicted molar refractivity (Wildman–Crippen MR) is 102 cm³/mol. The molecule has 4 unspecified atom stereocenters. The molecule has 1 aromatic rings. The largest absolute Gasteiger partial charge is 0.369 e. The van der Waals surface area contributed by atoms with E-state index in [0.29, 0.717) is 5.92 Å². The van der Waals surface area contributed by atoms with Gasteiger partial charge in [0.1, 0.15) is 5.82 Å². The van der Waals surface area contributed by atoms with Crippen LogP contribution in [-0.2, 0) is 4.79 Å². The van der Waals surface area contributed by atoms with Crippen LogP contribution in [0, 0.1) is 23.6 Å². The number of nitrogens with one attached hydrogen (secondary N) is 1. The minimum Gasteiger partial charge on any atom is -0.369 e. The molecule has 1 saturated heterocycles. The molecule has 2 aliphatic carbocycles. The number of amides is 1. The lowest BCUT2D eigenvalue weighted by Crippen LogP contribution is -2.54. The topological polar surface area (TPSA) is 35.6 Å². The molecule has 4 rings (SSSR count). The molecule has 1 amide bonds. The molecule has 1 heterocycles. The highest BCUT2D eigenvalue weighted by atomic mass is 19.1. The molecular formula is C21H30FN3O. The first kappa shape index (κ1) is 17.8. The summed E-state index contributed by atoms with van der Waals surface area (Å²) in [6.45, 7) is 6.34. The Hall–Kier alpha value is -1.62. The Bertz CT molecular complexity index is 627. The van der Waals surface area contributed by atoms with Gasteiger partial charge in [-0.1, -0.05) is 6.42 Å². The fourth-order valence-electron chi connectivity index (χ4n) is 5.19. The molecule has 1 aliphatic heterocycles. The predicted octanol–water partition coefficient (Wildman–Crippen LogP) is 2.89. The molecule has 26 heavy (non-hydrogen) atoms. The average molecular weight is 359 g/mol. The monoisotopic (exact) mass is 359 g/mol. The number of halogens is 1. The number of benzene rings is 1. The molecule has 5 heteroatoms. The van der Waals surface area contributed by atoms with E-state index in [9.17, 15) is 9.18 Å². The molecule has 0 radical (unpaired) electrons. The second-order valence-electron chi connectivity index (χ2n) is 8.36. The van der Waals surface area contributed by atoms with E-state index in [4.69, 9.17) is 0 Å². The van der Waals surface area contributed by atoms with Crippen molar-refractivity contribution in [3.8, 4) is 0 Å². The van der Waals surface area contributed by atoms with Crippen LogP contribution in [0.1, 0.15) is 32.6 Å². The van der Waals surface area contributed by atoms with Crippen molar-refractivity contribution in [3.63, 3.8) is 0 Å². The van der Waals surface area contributed by atoms with E-state index in [0.717, 1.165) is 50.2 Å². The van der Waals surface area contributed by atoms with Crippen LogP contribution < -0.4 is 10.2 Å². The van der Waals surface area contributed by atoms with Crippen LogP contribution in [0.2, 0.25) is 0 Å². The molecule has 2 bridgehead atoms. The average Bonchev–Trinajstić information content (AvgIpc) is 3.29. The Morgan fingerprint density at radius 2 is 1.88 bits per heavy atom. The van der Waals surface area contributed by atoms with Gasteiger partial charge in [0.2, 0.25) is 5.91 Å². The van der Waals surface area contributed by atoms with Crippen molar-refractivity contribution in [2.75, 3.05) is 37.6 Å². The minimum absolute atomic E-state index is 0.0797. The van der Waals surface area contributed by atoms with Crippen molar-refractivity contribution < 1.29 is 9.18 Å². The van der Waals surface area contributed by atoms with Gasteiger partial charge in [-0.2, -0.15) is 0 Å². The summed E-state index contributed by atoms with van der Waals surface area (Å²) in [6.07, 6.45) is 5.48. The van der Waals surface area contributed by atoms with E-state index in [-0.39, 0.29) is 17.8 Å². The lowest BCUT2D eigenvalue weighted by atomic mass is 9.89. The van der Waals surface area contributed by atoms with Crippen LogP contribution in [0.3, 0.4) is 0 Å². The molecule has 4 atom stereocenters. The number of carbonyl (C=O) groups is 1. The van der Waals surface area contributed by atoms with Gasteiger partial charge in [-0.25, -0.2) is 4.39 Å². The smallest absolute Gasteiger partial charge is 0.237 e. The third-order valence-electron chi connectivity index (χ3n) is 6.86. The number of carbonyl (C=O) groups excluding carboxylic acids is 1. The van der Waals surface area contributed by atoms with Crippen molar-refractivity contribution in [3.05, 3.63) is 30.1 Å². The second-order valence-corrected chi connectivity index (χ2v) is 8.36. The van der Waals surface area contributed by atoms with Gasteiger partial charge in [-0.3, -0.25) is 9.69 Å². The van der Waals surface area contributed by atoms with Gasteiger partial charge >= 0.3 is 0 Å². The number of rotatable bonds is 5. The fourth-order valence-corrected chi connectivity index (χ4v) is 5.19. The molecule has 0 spiro atoms. The number of hydrogen-bond donors (Lipinski definition) is 1. The molecule has 4 nitrogen and oxygen atoms in total. The zero-order valence-corrected chi connectivity index (χ0v) is 15.7. The zero-order valence-electron chi connectivity index (χ0n) is 15.7. The maximum Gasteiger partial charge on any atom is 0.237 e. The summed E-state index contributed by atoms with van der Waals surface area (Å²) in [5.74, 6) is 2.46. The fraction of sp³-hybridized carbons (Fsp3) is 0.667. The summed E-state index contributed by atoms with van der Waals surface area (Å²) in [5, 5.41) is 3.22. The first-order valence-corrected chi connectivity index (χ1v) is 10.1. The molecule has 3 fully saturated rings. The van der Waals surface area contributed by atoms with Gasteiger partial charge in [0.05, 0.1) is 6.04 Å². The van der Waals surface area contributed by atoms with E-state index in [1.54, 1.807) is 0 Å². The Morgan fingerprint density at radius 3 is 2.50 bits per heavy atom. The van der Waals surface area contributed by atoms with Crippen molar-refractivity contribution >= 4 is 11.6 Å². The third-order valence-corrected chi connectivity index (χ3v) is 6.86. The van der Waals surface area contributed by atoms with E-state index in [1.165, 1.54) is 37.8 Å². The summed E-state index contributed by atoms with van der Waals surface area (Å²) in [6, 6.07) is 6.59. The quantitative estimate of drug-likeness (QED) is 0.878. The first-order chi connectivity index (χ1) is 12.6. The van der Waals surface area contributed by atoms with E-state index < -0.39 is 0 Å². The standard InChI is InChI=1S/C21H30FN3O/c1-15(21(26)23-14-18-13-16-2-3-17(18)12-16)24-8-10-25(11-9-24)20-6-4-19(22)5-7-20/h4-7,15-18H,2-3,8-14H2,1H3,(H,23,26). The van der Waals surface area contributed by atoms with Crippen LogP contribution in [0.5, 0.6) is 0 Å². The normalized spacial score (nSPS) is 29.8. The summed E-state index contributed by atoms with van der Waals surface area (Å²) < 4.78 is 13.1. The van der Waals surface area contributed by atoms with Gasteiger partial charge in [-0.05, 0) is 68.2 Å². The SMILES string of the molecule is CC(C(=O)NCC1CC2CCC1C2)N1CCN(c2ccc(F)cc2)CC1. The molecular weight excluding hydrogens is 329 g/mol. The van der Waals surface area contributed by atoms with Gasteiger partial charge < -0.3 is 10.2 Å². The minimum atomic E-state index is -0.201. The van der Waals surface area contributed by atoms with Crippen molar-refractivity contribution in [1.29, 1.82) is 0 Å². The number of anilines is 1. The number of piperazine rings is 1. The van der Waals surface area contributed by atoms with Gasteiger partial charge in [0.25, 0.3) is 0 Å². The van der Waals surface area contributed by atoms with E-state index in [2.05, 4.69) is 15.1 Å². The van der Waals surface area contributed by atoms with E-state index >= 15 is 0 Å². The van der Waals surface area contributed by atoms with Gasteiger partial charge in [-0.15, -0.1) is 0 Å². The highest BCUT2D eigenvalue weighted by Crippen LogP contribution is 2.47. The number of fused-ring (bicyclic) bond motifs is 2. The summed E-state index contributed by atoms with van der Waals surface area (Å²) in [5.41, 5.74) is 1.06. The van der Waals surface area contributed by atoms with Crippen LogP contribution in [0.4, 0.5) is 10.1 Å². The van der Waals surface area contributed by atoms with Gasteiger partial charge in [0, 0.05) is 38.4 Å². The van der Waals surface area contributed by atoms with Crippen LogP contribution >= 0.6 is 0 Å². The summed E-state index contributed by atoms with van der Waals surface area (Å²) in [4.78, 5) is 17.1. The maximum absolute atomic E-state index is 13.1. The zero-order chi connectivity index (χ0) is 18.1. The van der Waals surface area contributed by atoms with Gasteiger partial charge in [0.15, 0.2) is 0 Å². The molecule has 142 valence electrons. The Balaban J connectivity index is 1.23. The lowest BCUT2D eigenvalue weighted by molar-refractivity contribution is -0.126.